The number of sulfonamides is 1. The minimum absolute atomic E-state index is 0.194. The molecule has 3 aromatic carbocycles. The van der Waals surface area contributed by atoms with Crippen LogP contribution in [0.25, 0.3) is 0 Å². The van der Waals surface area contributed by atoms with Crippen molar-refractivity contribution in [2.45, 2.75) is 17.9 Å². The Hall–Kier alpha value is -2.63. The number of hydrogen-bond donors (Lipinski definition) is 1. The Labute approximate surface area is 154 Å². The van der Waals surface area contributed by atoms with E-state index in [0.29, 0.717) is 5.75 Å². The highest BCUT2D eigenvalue weighted by molar-refractivity contribution is 7.89. The number of para-hydroxylation sites is 1. The normalized spacial score (nSPS) is 12.5. The summed E-state index contributed by atoms with van der Waals surface area (Å²) in [5, 5.41) is 0. The number of ether oxygens (including phenoxy) is 1. The second kappa shape index (κ2) is 8.17. The standard InChI is InChI=1S/C21H21NO3S/c1-17-12-14-20(15-13-17)26(23,24)22-21(18-8-4-2-5-9-18)16-25-19-10-6-3-7-11-19/h2-15,21-22H,16H2,1H3/t21-/m0/s1. The van der Waals surface area contributed by atoms with E-state index in [2.05, 4.69) is 4.72 Å². The van der Waals surface area contributed by atoms with Gasteiger partial charge in [0.05, 0.1) is 10.9 Å². The lowest BCUT2D eigenvalue weighted by Crippen LogP contribution is -2.32. The molecule has 0 saturated heterocycles. The van der Waals surface area contributed by atoms with Crippen molar-refractivity contribution in [3.63, 3.8) is 0 Å². The van der Waals surface area contributed by atoms with E-state index in [1.807, 2.05) is 67.6 Å². The van der Waals surface area contributed by atoms with Crippen molar-refractivity contribution in [1.82, 2.24) is 4.72 Å². The van der Waals surface area contributed by atoms with E-state index in [9.17, 15) is 8.42 Å². The molecule has 0 spiro atoms. The number of benzene rings is 3. The van der Waals surface area contributed by atoms with E-state index < -0.39 is 16.1 Å². The molecule has 0 bridgehead atoms. The van der Waals surface area contributed by atoms with Crippen molar-refractivity contribution in [3.8, 4) is 5.75 Å². The molecule has 26 heavy (non-hydrogen) atoms. The molecule has 0 saturated carbocycles. The molecule has 0 aliphatic heterocycles. The highest BCUT2D eigenvalue weighted by atomic mass is 32.2. The number of aryl methyl sites for hydroxylation is 1. The van der Waals surface area contributed by atoms with Crippen LogP contribution in [0.1, 0.15) is 17.2 Å². The van der Waals surface area contributed by atoms with Crippen LogP contribution in [0.5, 0.6) is 5.75 Å². The molecule has 0 aliphatic rings. The van der Waals surface area contributed by atoms with Gasteiger partial charge in [-0.15, -0.1) is 0 Å². The summed E-state index contributed by atoms with van der Waals surface area (Å²) in [6.07, 6.45) is 0. The van der Waals surface area contributed by atoms with Gasteiger partial charge in [0.2, 0.25) is 10.0 Å². The summed E-state index contributed by atoms with van der Waals surface area (Å²) in [5.74, 6) is 0.697. The van der Waals surface area contributed by atoms with Gasteiger partial charge in [0.15, 0.2) is 0 Å². The first-order chi connectivity index (χ1) is 12.5. The third-order valence-electron chi connectivity index (χ3n) is 3.99. The first-order valence-corrected chi connectivity index (χ1v) is 9.85. The Bertz CT molecular complexity index is 924. The number of hydrogen-bond acceptors (Lipinski definition) is 3. The predicted octanol–water partition coefficient (Wildman–Crippen LogP) is 4.09. The van der Waals surface area contributed by atoms with Gasteiger partial charge in [-0.2, -0.15) is 0 Å². The SMILES string of the molecule is Cc1ccc(S(=O)(=O)N[C@@H](COc2ccccc2)c2ccccc2)cc1. The van der Waals surface area contributed by atoms with E-state index in [1.165, 1.54) is 0 Å². The molecule has 1 atom stereocenters. The van der Waals surface area contributed by atoms with Crippen LogP contribution in [0.15, 0.2) is 89.8 Å². The minimum Gasteiger partial charge on any atom is -0.492 e. The molecule has 0 aliphatic carbocycles. The van der Waals surface area contributed by atoms with Crippen molar-refractivity contribution in [2.24, 2.45) is 0 Å². The topological polar surface area (TPSA) is 55.4 Å². The average molecular weight is 367 g/mol. The molecule has 5 heteroatoms. The van der Waals surface area contributed by atoms with Crippen LogP contribution < -0.4 is 9.46 Å². The molecule has 134 valence electrons. The lowest BCUT2D eigenvalue weighted by atomic mass is 10.1. The summed E-state index contributed by atoms with van der Waals surface area (Å²) in [6, 6.07) is 25.1. The molecular formula is C21H21NO3S. The Morgan fingerprint density at radius 3 is 2.04 bits per heavy atom. The van der Waals surface area contributed by atoms with Crippen molar-refractivity contribution in [3.05, 3.63) is 96.1 Å². The van der Waals surface area contributed by atoms with Crippen LogP contribution in [0.4, 0.5) is 0 Å². The van der Waals surface area contributed by atoms with Crippen molar-refractivity contribution in [2.75, 3.05) is 6.61 Å². The fourth-order valence-corrected chi connectivity index (χ4v) is 3.76. The van der Waals surface area contributed by atoms with E-state index in [-0.39, 0.29) is 11.5 Å². The van der Waals surface area contributed by atoms with E-state index in [4.69, 9.17) is 4.74 Å². The summed E-state index contributed by atoms with van der Waals surface area (Å²) >= 11 is 0. The summed E-state index contributed by atoms with van der Waals surface area (Å²) in [4.78, 5) is 0.240. The largest absolute Gasteiger partial charge is 0.492 e. The Balaban J connectivity index is 1.82. The molecule has 0 fully saturated rings. The fraction of sp³-hybridized carbons (Fsp3) is 0.143. The van der Waals surface area contributed by atoms with Gasteiger partial charge in [-0.3, -0.25) is 0 Å². The Morgan fingerprint density at radius 2 is 1.42 bits per heavy atom. The summed E-state index contributed by atoms with van der Waals surface area (Å²) in [5.41, 5.74) is 1.86. The quantitative estimate of drug-likeness (QED) is 0.684. The molecule has 0 amide bonds. The zero-order valence-electron chi connectivity index (χ0n) is 14.5. The fourth-order valence-electron chi connectivity index (χ4n) is 2.55. The maximum atomic E-state index is 12.8. The van der Waals surface area contributed by atoms with Gasteiger partial charge in [-0.25, -0.2) is 13.1 Å². The average Bonchev–Trinajstić information content (AvgIpc) is 2.67. The molecule has 0 unspecified atom stereocenters. The maximum Gasteiger partial charge on any atom is 0.241 e. The molecule has 3 aromatic rings. The van der Waals surface area contributed by atoms with Gasteiger partial charge in [0.1, 0.15) is 12.4 Å². The zero-order valence-corrected chi connectivity index (χ0v) is 15.3. The molecule has 0 radical (unpaired) electrons. The van der Waals surface area contributed by atoms with Crippen LogP contribution in [0.2, 0.25) is 0 Å². The predicted molar refractivity (Wildman–Crippen MR) is 103 cm³/mol. The summed E-state index contributed by atoms with van der Waals surface area (Å²) in [6.45, 7) is 2.11. The molecule has 3 rings (SSSR count). The van der Waals surface area contributed by atoms with Crippen LogP contribution in [-0.4, -0.2) is 15.0 Å². The highest BCUT2D eigenvalue weighted by Gasteiger charge is 2.22. The van der Waals surface area contributed by atoms with Crippen molar-refractivity contribution >= 4 is 10.0 Å². The van der Waals surface area contributed by atoms with Crippen LogP contribution in [-0.2, 0) is 10.0 Å². The zero-order chi connectivity index (χ0) is 18.4. The Morgan fingerprint density at radius 1 is 0.846 bits per heavy atom. The third-order valence-corrected chi connectivity index (χ3v) is 5.48. The lowest BCUT2D eigenvalue weighted by Gasteiger charge is -2.20. The van der Waals surface area contributed by atoms with Crippen molar-refractivity contribution < 1.29 is 13.2 Å². The van der Waals surface area contributed by atoms with E-state index in [1.54, 1.807) is 24.3 Å². The van der Waals surface area contributed by atoms with E-state index in [0.717, 1.165) is 11.1 Å². The van der Waals surface area contributed by atoms with Crippen LogP contribution >= 0.6 is 0 Å². The second-order valence-electron chi connectivity index (χ2n) is 6.02. The number of nitrogens with one attached hydrogen (secondary N) is 1. The Kier molecular flexibility index (Phi) is 5.71. The van der Waals surface area contributed by atoms with Gasteiger partial charge >= 0.3 is 0 Å². The first kappa shape index (κ1) is 18.2. The molecular weight excluding hydrogens is 346 g/mol. The number of rotatable bonds is 7. The molecule has 4 nitrogen and oxygen atoms in total. The van der Waals surface area contributed by atoms with Crippen molar-refractivity contribution in [1.29, 1.82) is 0 Å². The van der Waals surface area contributed by atoms with Gasteiger partial charge < -0.3 is 4.74 Å². The van der Waals surface area contributed by atoms with Gasteiger partial charge in [-0.05, 0) is 36.8 Å². The molecule has 1 N–H and O–H groups in total. The lowest BCUT2D eigenvalue weighted by molar-refractivity contribution is 0.281. The van der Waals surface area contributed by atoms with Crippen LogP contribution in [0.3, 0.4) is 0 Å². The summed E-state index contributed by atoms with van der Waals surface area (Å²) in [7, 11) is -3.66. The smallest absolute Gasteiger partial charge is 0.241 e. The maximum absolute atomic E-state index is 12.8. The van der Waals surface area contributed by atoms with Gasteiger partial charge in [0, 0.05) is 0 Å². The first-order valence-electron chi connectivity index (χ1n) is 8.36. The third kappa shape index (κ3) is 4.71. The minimum atomic E-state index is -3.66. The van der Waals surface area contributed by atoms with E-state index >= 15 is 0 Å². The van der Waals surface area contributed by atoms with Gasteiger partial charge in [-0.1, -0.05) is 66.2 Å². The molecule has 0 heterocycles. The summed E-state index contributed by atoms with van der Waals surface area (Å²) < 4.78 is 34.1. The monoisotopic (exact) mass is 367 g/mol. The highest BCUT2D eigenvalue weighted by Crippen LogP contribution is 2.20. The second-order valence-corrected chi connectivity index (χ2v) is 7.74. The van der Waals surface area contributed by atoms with Crippen LogP contribution in [0, 0.1) is 6.92 Å². The van der Waals surface area contributed by atoms with Gasteiger partial charge in [0.25, 0.3) is 0 Å². The molecule has 0 aromatic heterocycles.